The van der Waals surface area contributed by atoms with Crippen LogP contribution in [0, 0.1) is 0 Å². The zero-order chi connectivity index (χ0) is 17.6. The van der Waals surface area contributed by atoms with Crippen LogP contribution in [-0.2, 0) is 0 Å². The first kappa shape index (κ1) is 17.4. The molecule has 0 aliphatic heterocycles. The van der Waals surface area contributed by atoms with Crippen molar-refractivity contribution >= 4 is 33.3 Å². The molecule has 0 saturated carbocycles. The second-order valence-electron chi connectivity index (χ2n) is 4.83. The first-order chi connectivity index (χ1) is 12.1. The van der Waals surface area contributed by atoms with Crippen LogP contribution in [-0.4, -0.2) is 33.1 Å². The molecular formula is C16H13BrClN5O2. The van der Waals surface area contributed by atoms with E-state index in [0.717, 1.165) is 10.0 Å². The summed E-state index contributed by atoms with van der Waals surface area (Å²) in [6, 6.07) is 7.46. The number of nitrogen functional groups attached to an aromatic ring is 1. The van der Waals surface area contributed by atoms with E-state index in [2.05, 4.69) is 35.9 Å². The van der Waals surface area contributed by atoms with Crippen molar-refractivity contribution in [3.8, 4) is 23.0 Å². The highest BCUT2D eigenvalue weighted by molar-refractivity contribution is 9.10. The lowest BCUT2D eigenvalue weighted by molar-refractivity contribution is 0.202. The van der Waals surface area contributed by atoms with Gasteiger partial charge in [0.05, 0.1) is 10.0 Å². The standard InChI is InChI=1S/C16H13BrClN5O2/c17-11-7-20-16(21-8-11)25-6-5-24-15-13(14(19)22-9-23-15)10-1-3-12(18)4-2-10/h1-4,7-9H,5-6H2,(H2,19,22,23). The van der Waals surface area contributed by atoms with E-state index in [1.54, 1.807) is 24.5 Å². The molecule has 2 aromatic heterocycles. The lowest BCUT2D eigenvalue weighted by Crippen LogP contribution is -2.12. The van der Waals surface area contributed by atoms with Gasteiger partial charge in [0.2, 0.25) is 5.88 Å². The summed E-state index contributed by atoms with van der Waals surface area (Å²) in [7, 11) is 0. The quantitative estimate of drug-likeness (QED) is 0.608. The Bertz CT molecular complexity index is 846. The van der Waals surface area contributed by atoms with Gasteiger partial charge in [-0.05, 0) is 33.6 Å². The van der Waals surface area contributed by atoms with Gasteiger partial charge >= 0.3 is 6.01 Å². The summed E-state index contributed by atoms with van der Waals surface area (Å²) >= 11 is 9.18. The molecule has 0 atom stereocenters. The summed E-state index contributed by atoms with van der Waals surface area (Å²) in [4.78, 5) is 16.2. The average Bonchev–Trinajstić information content (AvgIpc) is 2.61. The zero-order valence-electron chi connectivity index (χ0n) is 12.9. The van der Waals surface area contributed by atoms with Gasteiger partial charge in [-0.3, -0.25) is 0 Å². The predicted molar refractivity (Wildman–Crippen MR) is 97.6 cm³/mol. The molecule has 0 saturated heterocycles. The van der Waals surface area contributed by atoms with Gasteiger partial charge in [-0.25, -0.2) is 19.9 Å². The van der Waals surface area contributed by atoms with Crippen molar-refractivity contribution in [2.45, 2.75) is 0 Å². The molecule has 0 radical (unpaired) electrons. The number of hydrogen-bond acceptors (Lipinski definition) is 7. The van der Waals surface area contributed by atoms with Gasteiger partial charge in [-0.2, -0.15) is 0 Å². The number of rotatable bonds is 6. The molecule has 0 amide bonds. The van der Waals surface area contributed by atoms with Gasteiger partial charge in [0.25, 0.3) is 0 Å². The van der Waals surface area contributed by atoms with Crippen molar-refractivity contribution in [3.05, 3.63) is 52.5 Å². The summed E-state index contributed by atoms with van der Waals surface area (Å²) in [5, 5.41) is 0.629. The molecule has 2 N–H and O–H groups in total. The van der Waals surface area contributed by atoms with E-state index in [-0.39, 0.29) is 19.2 Å². The topological polar surface area (TPSA) is 96.0 Å². The predicted octanol–water partition coefficient (Wildman–Crippen LogP) is 3.39. The number of nitrogens with two attached hydrogens (primary N) is 1. The molecule has 25 heavy (non-hydrogen) atoms. The van der Waals surface area contributed by atoms with Crippen LogP contribution in [0.4, 0.5) is 5.82 Å². The summed E-state index contributed by atoms with van der Waals surface area (Å²) in [6.45, 7) is 0.502. The molecule has 2 heterocycles. The third-order valence-corrected chi connectivity index (χ3v) is 3.79. The van der Waals surface area contributed by atoms with Gasteiger partial charge in [0, 0.05) is 17.4 Å². The van der Waals surface area contributed by atoms with E-state index in [4.69, 9.17) is 26.8 Å². The highest BCUT2D eigenvalue weighted by atomic mass is 79.9. The van der Waals surface area contributed by atoms with Crippen LogP contribution in [0.1, 0.15) is 0 Å². The first-order valence-electron chi connectivity index (χ1n) is 7.23. The van der Waals surface area contributed by atoms with Gasteiger partial charge in [-0.15, -0.1) is 0 Å². The Kier molecular flexibility index (Phi) is 5.62. The molecule has 0 spiro atoms. The van der Waals surface area contributed by atoms with E-state index in [1.165, 1.54) is 6.33 Å². The number of anilines is 1. The highest BCUT2D eigenvalue weighted by Gasteiger charge is 2.13. The first-order valence-corrected chi connectivity index (χ1v) is 8.40. The lowest BCUT2D eigenvalue weighted by atomic mass is 10.1. The minimum Gasteiger partial charge on any atom is -0.473 e. The molecule has 0 bridgehead atoms. The Morgan fingerprint density at radius 3 is 2.36 bits per heavy atom. The van der Waals surface area contributed by atoms with E-state index < -0.39 is 0 Å². The fourth-order valence-corrected chi connectivity index (χ4v) is 2.36. The van der Waals surface area contributed by atoms with Crippen molar-refractivity contribution in [1.82, 2.24) is 19.9 Å². The molecule has 0 aliphatic carbocycles. The van der Waals surface area contributed by atoms with Gasteiger partial charge in [0.15, 0.2) is 0 Å². The van der Waals surface area contributed by atoms with Gasteiger partial charge in [0.1, 0.15) is 25.4 Å². The van der Waals surface area contributed by atoms with Crippen LogP contribution in [0.3, 0.4) is 0 Å². The number of hydrogen-bond donors (Lipinski definition) is 1. The number of aromatic nitrogens is 4. The van der Waals surface area contributed by atoms with E-state index >= 15 is 0 Å². The van der Waals surface area contributed by atoms with Crippen molar-refractivity contribution in [3.63, 3.8) is 0 Å². The van der Waals surface area contributed by atoms with Crippen LogP contribution < -0.4 is 15.2 Å². The molecule has 9 heteroatoms. The second-order valence-corrected chi connectivity index (χ2v) is 6.18. The van der Waals surface area contributed by atoms with Crippen LogP contribution in [0.25, 0.3) is 11.1 Å². The lowest BCUT2D eigenvalue weighted by Gasteiger charge is -2.12. The largest absolute Gasteiger partial charge is 0.473 e. The minimum absolute atomic E-state index is 0.246. The molecule has 3 aromatic rings. The summed E-state index contributed by atoms with van der Waals surface area (Å²) < 4.78 is 11.9. The average molecular weight is 423 g/mol. The second kappa shape index (κ2) is 8.09. The maximum Gasteiger partial charge on any atom is 0.316 e. The monoisotopic (exact) mass is 421 g/mol. The SMILES string of the molecule is Nc1ncnc(OCCOc2ncc(Br)cn2)c1-c1ccc(Cl)cc1. The number of nitrogens with zero attached hydrogens (tertiary/aromatic N) is 4. The Hall–Kier alpha value is -2.45. The number of benzene rings is 1. The summed E-state index contributed by atoms with van der Waals surface area (Å²) in [5.74, 6) is 0.694. The van der Waals surface area contributed by atoms with E-state index in [9.17, 15) is 0 Å². The Balaban J connectivity index is 1.67. The summed E-state index contributed by atoms with van der Waals surface area (Å²) in [6.07, 6.45) is 4.56. The van der Waals surface area contributed by atoms with E-state index in [1.807, 2.05) is 12.1 Å². The van der Waals surface area contributed by atoms with Crippen molar-refractivity contribution in [2.24, 2.45) is 0 Å². The van der Waals surface area contributed by atoms with Crippen molar-refractivity contribution in [1.29, 1.82) is 0 Å². The Labute approximate surface area is 157 Å². The van der Waals surface area contributed by atoms with Crippen molar-refractivity contribution in [2.75, 3.05) is 18.9 Å². The molecular weight excluding hydrogens is 410 g/mol. The van der Waals surface area contributed by atoms with Crippen LogP contribution >= 0.6 is 27.5 Å². The fourth-order valence-electron chi connectivity index (χ4n) is 2.03. The van der Waals surface area contributed by atoms with Gasteiger partial charge < -0.3 is 15.2 Å². The zero-order valence-corrected chi connectivity index (χ0v) is 15.2. The fraction of sp³-hybridized carbons (Fsp3) is 0.125. The third-order valence-electron chi connectivity index (χ3n) is 3.12. The molecule has 0 fully saturated rings. The maximum absolute atomic E-state index is 5.98. The molecule has 0 aliphatic rings. The molecule has 7 nitrogen and oxygen atoms in total. The van der Waals surface area contributed by atoms with Crippen LogP contribution in [0.5, 0.6) is 11.9 Å². The third kappa shape index (κ3) is 4.55. The molecule has 1 aromatic carbocycles. The minimum atomic E-state index is 0.246. The number of ether oxygens (including phenoxy) is 2. The summed E-state index contributed by atoms with van der Waals surface area (Å²) in [5.41, 5.74) is 7.41. The molecule has 128 valence electrons. The Morgan fingerprint density at radius 1 is 0.960 bits per heavy atom. The Morgan fingerprint density at radius 2 is 1.64 bits per heavy atom. The van der Waals surface area contributed by atoms with Gasteiger partial charge in [-0.1, -0.05) is 23.7 Å². The van der Waals surface area contributed by atoms with Crippen molar-refractivity contribution < 1.29 is 9.47 Å². The van der Waals surface area contributed by atoms with E-state index in [0.29, 0.717) is 22.3 Å². The normalized spacial score (nSPS) is 10.5. The molecule has 0 unspecified atom stereocenters. The maximum atomic E-state index is 5.98. The van der Waals surface area contributed by atoms with Crippen LogP contribution in [0.15, 0.2) is 47.5 Å². The smallest absolute Gasteiger partial charge is 0.316 e. The number of halogens is 2. The molecule has 3 rings (SSSR count). The highest BCUT2D eigenvalue weighted by Crippen LogP contribution is 2.32. The van der Waals surface area contributed by atoms with Crippen LogP contribution in [0.2, 0.25) is 5.02 Å².